The molecule has 0 aliphatic carbocycles. The van der Waals surface area contributed by atoms with Crippen molar-refractivity contribution in [3.8, 4) is 0 Å². The van der Waals surface area contributed by atoms with Crippen molar-refractivity contribution in [3.05, 3.63) is 35.1 Å². The fraction of sp³-hybridized carbons (Fsp3) is 0.533. The maximum Gasteiger partial charge on any atom is 0.307 e. The molecule has 0 heterocycles. The summed E-state index contributed by atoms with van der Waals surface area (Å²) >= 11 is 0. The van der Waals surface area contributed by atoms with Gasteiger partial charge in [0.15, 0.2) is 0 Å². The van der Waals surface area contributed by atoms with E-state index in [1.165, 1.54) is 12.1 Å². The summed E-state index contributed by atoms with van der Waals surface area (Å²) < 4.78 is 12.9. The number of hydrogen-bond donors (Lipinski definition) is 2. The van der Waals surface area contributed by atoms with E-state index in [4.69, 9.17) is 5.11 Å². The lowest BCUT2D eigenvalue weighted by atomic mass is 9.97. The van der Waals surface area contributed by atoms with E-state index in [0.717, 1.165) is 11.1 Å². The number of aliphatic carboxylic acids is 1. The van der Waals surface area contributed by atoms with Crippen LogP contribution in [0.4, 0.5) is 4.39 Å². The maximum atomic E-state index is 12.9. The Labute approximate surface area is 113 Å². The van der Waals surface area contributed by atoms with E-state index < -0.39 is 5.97 Å². The predicted molar refractivity (Wildman–Crippen MR) is 73.4 cm³/mol. The molecular weight excluding hydrogens is 245 g/mol. The average molecular weight is 267 g/mol. The van der Waals surface area contributed by atoms with Crippen LogP contribution in [-0.2, 0) is 11.3 Å². The zero-order valence-electron chi connectivity index (χ0n) is 11.7. The van der Waals surface area contributed by atoms with E-state index in [2.05, 4.69) is 5.32 Å². The number of halogens is 1. The molecule has 1 aromatic carbocycles. The first kappa shape index (κ1) is 15.6. The molecule has 2 N–H and O–H groups in total. The number of rotatable bonds is 7. The molecule has 1 aromatic rings. The SMILES string of the molecule is Cc1cc(F)ccc1CNCC(CC(C)C)C(=O)O. The van der Waals surface area contributed by atoms with Crippen LogP contribution >= 0.6 is 0 Å². The smallest absolute Gasteiger partial charge is 0.307 e. The van der Waals surface area contributed by atoms with Gasteiger partial charge in [-0.15, -0.1) is 0 Å². The van der Waals surface area contributed by atoms with Crippen molar-refractivity contribution in [3.63, 3.8) is 0 Å². The molecule has 0 spiro atoms. The second kappa shape index (κ2) is 7.24. The van der Waals surface area contributed by atoms with E-state index in [1.807, 2.05) is 20.8 Å². The Morgan fingerprint density at radius 3 is 2.63 bits per heavy atom. The first-order valence-corrected chi connectivity index (χ1v) is 6.58. The molecule has 1 unspecified atom stereocenters. The van der Waals surface area contributed by atoms with Crippen molar-refractivity contribution < 1.29 is 14.3 Å². The zero-order chi connectivity index (χ0) is 14.4. The van der Waals surface area contributed by atoms with E-state index in [1.54, 1.807) is 6.07 Å². The summed E-state index contributed by atoms with van der Waals surface area (Å²) in [7, 11) is 0. The van der Waals surface area contributed by atoms with Crippen molar-refractivity contribution in [2.45, 2.75) is 33.7 Å². The predicted octanol–water partition coefficient (Wildman–Crippen LogP) is 2.97. The molecule has 0 amide bonds. The third kappa shape index (κ3) is 5.39. The fourth-order valence-corrected chi connectivity index (χ4v) is 2.08. The molecule has 0 fully saturated rings. The first-order valence-electron chi connectivity index (χ1n) is 6.58. The average Bonchev–Trinajstić information content (AvgIpc) is 2.29. The molecule has 0 saturated heterocycles. The maximum absolute atomic E-state index is 12.9. The molecule has 3 nitrogen and oxygen atoms in total. The quantitative estimate of drug-likeness (QED) is 0.798. The molecular formula is C15H22FNO2. The highest BCUT2D eigenvalue weighted by molar-refractivity contribution is 5.70. The highest BCUT2D eigenvalue weighted by atomic mass is 19.1. The molecule has 0 bridgehead atoms. The van der Waals surface area contributed by atoms with Gasteiger partial charge in [0.25, 0.3) is 0 Å². The largest absolute Gasteiger partial charge is 0.481 e. The minimum atomic E-state index is -0.767. The third-order valence-electron chi connectivity index (χ3n) is 3.12. The lowest BCUT2D eigenvalue weighted by Crippen LogP contribution is -2.29. The molecule has 0 radical (unpaired) electrons. The summed E-state index contributed by atoms with van der Waals surface area (Å²) in [5, 5.41) is 12.3. The van der Waals surface area contributed by atoms with Gasteiger partial charge in [-0.2, -0.15) is 0 Å². The van der Waals surface area contributed by atoms with Gasteiger partial charge >= 0.3 is 5.97 Å². The van der Waals surface area contributed by atoms with Crippen LogP contribution in [0.3, 0.4) is 0 Å². The molecule has 19 heavy (non-hydrogen) atoms. The van der Waals surface area contributed by atoms with Gasteiger partial charge in [-0.05, 0) is 42.5 Å². The van der Waals surface area contributed by atoms with Crippen LogP contribution in [0.15, 0.2) is 18.2 Å². The number of carboxylic acids is 1. The Hall–Kier alpha value is -1.42. The summed E-state index contributed by atoms with van der Waals surface area (Å²) in [6.45, 7) is 6.88. The Kier molecular flexibility index (Phi) is 5.96. The van der Waals surface area contributed by atoms with Crippen LogP contribution in [0.1, 0.15) is 31.4 Å². The lowest BCUT2D eigenvalue weighted by molar-refractivity contribution is -0.142. The van der Waals surface area contributed by atoms with Crippen molar-refractivity contribution >= 4 is 5.97 Å². The molecule has 0 saturated carbocycles. The van der Waals surface area contributed by atoms with Gasteiger partial charge in [-0.25, -0.2) is 4.39 Å². The topological polar surface area (TPSA) is 49.3 Å². The van der Waals surface area contributed by atoms with Crippen molar-refractivity contribution in [2.75, 3.05) is 6.54 Å². The first-order chi connectivity index (χ1) is 8.90. The standard InChI is InChI=1S/C15H22FNO2/c1-10(2)6-13(15(18)19)9-17-8-12-4-5-14(16)7-11(12)3/h4-5,7,10,13,17H,6,8-9H2,1-3H3,(H,18,19). The number of benzene rings is 1. The third-order valence-corrected chi connectivity index (χ3v) is 3.12. The number of carbonyl (C=O) groups is 1. The molecule has 0 aromatic heterocycles. The monoisotopic (exact) mass is 267 g/mol. The minimum Gasteiger partial charge on any atom is -0.481 e. The normalized spacial score (nSPS) is 12.7. The van der Waals surface area contributed by atoms with Gasteiger partial charge in [-0.3, -0.25) is 4.79 Å². The number of hydrogen-bond acceptors (Lipinski definition) is 2. The number of carboxylic acid groups (broad SMARTS) is 1. The minimum absolute atomic E-state index is 0.246. The molecule has 0 aliphatic rings. The number of aryl methyl sites for hydroxylation is 1. The Morgan fingerprint density at radius 2 is 2.11 bits per heavy atom. The van der Waals surface area contributed by atoms with Crippen molar-refractivity contribution in [1.29, 1.82) is 0 Å². The molecule has 4 heteroatoms. The molecule has 106 valence electrons. The van der Waals surface area contributed by atoms with E-state index in [0.29, 0.717) is 25.4 Å². The summed E-state index contributed by atoms with van der Waals surface area (Å²) in [4.78, 5) is 11.1. The highest BCUT2D eigenvalue weighted by Crippen LogP contribution is 2.13. The van der Waals surface area contributed by atoms with Gasteiger partial charge in [0, 0.05) is 13.1 Å². The van der Waals surface area contributed by atoms with Crippen LogP contribution < -0.4 is 5.32 Å². The van der Waals surface area contributed by atoms with E-state index >= 15 is 0 Å². The second-order valence-electron chi connectivity index (χ2n) is 5.37. The zero-order valence-corrected chi connectivity index (χ0v) is 11.7. The summed E-state index contributed by atoms with van der Waals surface area (Å²) in [6, 6.07) is 4.64. The summed E-state index contributed by atoms with van der Waals surface area (Å²) in [5.74, 6) is -1.03. The van der Waals surface area contributed by atoms with Crippen LogP contribution in [0, 0.1) is 24.6 Å². The Bertz CT molecular complexity index is 432. The molecule has 1 atom stereocenters. The number of nitrogens with one attached hydrogen (secondary N) is 1. The van der Waals surface area contributed by atoms with Crippen molar-refractivity contribution in [2.24, 2.45) is 11.8 Å². The summed E-state index contributed by atoms with van der Waals surface area (Å²) in [5.41, 5.74) is 1.87. The fourth-order valence-electron chi connectivity index (χ4n) is 2.08. The van der Waals surface area contributed by atoms with Crippen LogP contribution in [0.25, 0.3) is 0 Å². The van der Waals surface area contributed by atoms with Crippen LogP contribution in [0.5, 0.6) is 0 Å². The van der Waals surface area contributed by atoms with Gasteiger partial charge in [0.05, 0.1) is 5.92 Å². The lowest BCUT2D eigenvalue weighted by Gasteiger charge is -2.16. The Morgan fingerprint density at radius 1 is 1.42 bits per heavy atom. The van der Waals surface area contributed by atoms with Gasteiger partial charge in [-0.1, -0.05) is 19.9 Å². The van der Waals surface area contributed by atoms with Gasteiger partial charge in [0.1, 0.15) is 5.82 Å². The van der Waals surface area contributed by atoms with Gasteiger partial charge < -0.3 is 10.4 Å². The van der Waals surface area contributed by atoms with Crippen LogP contribution in [-0.4, -0.2) is 17.6 Å². The molecule has 0 aliphatic heterocycles. The Balaban J connectivity index is 2.49. The summed E-state index contributed by atoms with van der Waals surface area (Å²) in [6.07, 6.45) is 0.657. The highest BCUT2D eigenvalue weighted by Gasteiger charge is 2.18. The second-order valence-corrected chi connectivity index (χ2v) is 5.37. The van der Waals surface area contributed by atoms with Gasteiger partial charge in [0.2, 0.25) is 0 Å². The molecule has 1 rings (SSSR count). The van der Waals surface area contributed by atoms with Crippen molar-refractivity contribution in [1.82, 2.24) is 5.32 Å². The van der Waals surface area contributed by atoms with E-state index in [9.17, 15) is 9.18 Å². The van der Waals surface area contributed by atoms with E-state index in [-0.39, 0.29) is 11.7 Å². The van der Waals surface area contributed by atoms with Crippen LogP contribution in [0.2, 0.25) is 0 Å².